The Morgan fingerprint density at radius 1 is 1.23 bits per heavy atom. The van der Waals surface area contributed by atoms with Crippen molar-refractivity contribution in [2.45, 2.75) is 51.7 Å². The normalized spacial score (nSPS) is 21.5. The number of aliphatic hydroxyl groups excluding tert-OH is 1. The molecule has 1 aliphatic carbocycles. The largest absolute Gasteiger partial charge is 0.472 e. The number of hydrogen-bond donors (Lipinski definition) is 1. The van der Waals surface area contributed by atoms with E-state index in [0.717, 1.165) is 19.0 Å². The molecule has 3 atom stereocenters. The van der Waals surface area contributed by atoms with Crippen molar-refractivity contribution in [1.82, 2.24) is 19.8 Å². The van der Waals surface area contributed by atoms with Gasteiger partial charge in [-0.2, -0.15) is 0 Å². The molecule has 0 unspecified atom stereocenters. The highest BCUT2D eigenvalue weighted by Gasteiger charge is 2.34. The molecule has 7 nitrogen and oxygen atoms in total. The maximum Gasteiger partial charge on any atom is 0.259 e. The van der Waals surface area contributed by atoms with Crippen molar-refractivity contribution in [3.05, 3.63) is 53.5 Å². The SMILES string of the molecule is C[C@H](CO)N1C[C@H](C)[C@H](CN(C)CC2CCCC2)Oc2ncc(C#Cc3ccccn3)cc2C1=O. The van der Waals surface area contributed by atoms with E-state index in [9.17, 15) is 9.90 Å². The zero-order chi connectivity index (χ0) is 24.8. The number of ether oxygens (including phenoxy) is 1. The molecule has 2 aliphatic rings. The zero-order valence-electron chi connectivity index (χ0n) is 21.0. The molecule has 3 heterocycles. The number of carbonyl (C=O) groups excluding carboxylic acids is 1. The van der Waals surface area contributed by atoms with Crippen molar-refractivity contribution < 1.29 is 14.6 Å². The first-order chi connectivity index (χ1) is 16.9. The average molecular weight is 477 g/mol. The molecule has 2 aromatic heterocycles. The van der Waals surface area contributed by atoms with Crippen molar-refractivity contribution >= 4 is 5.91 Å². The third kappa shape index (κ3) is 6.39. The summed E-state index contributed by atoms with van der Waals surface area (Å²) in [4.78, 5) is 26.4. The predicted molar refractivity (Wildman–Crippen MR) is 135 cm³/mol. The van der Waals surface area contributed by atoms with Gasteiger partial charge in [0.1, 0.15) is 17.4 Å². The van der Waals surface area contributed by atoms with E-state index in [1.807, 2.05) is 25.1 Å². The topological polar surface area (TPSA) is 78.8 Å². The third-order valence-corrected chi connectivity index (χ3v) is 7.06. The first-order valence-corrected chi connectivity index (χ1v) is 12.6. The van der Waals surface area contributed by atoms with E-state index in [1.165, 1.54) is 25.7 Å². The van der Waals surface area contributed by atoms with E-state index in [4.69, 9.17) is 4.74 Å². The molecule has 186 valence electrons. The first-order valence-electron chi connectivity index (χ1n) is 12.6. The van der Waals surface area contributed by atoms with Crippen molar-refractivity contribution in [2.24, 2.45) is 11.8 Å². The van der Waals surface area contributed by atoms with Gasteiger partial charge in [0.2, 0.25) is 5.88 Å². The number of pyridine rings is 2. The summed E-state index contributed by atoms with van der Waals surface area (Å²) in [6.07, 6.45) is 8.47. The fourth-order valence-corrected chi connectivity index (χ4v) is 4.98. The molecular formula is C28H36N4O3. The molecule has 0 aromatic carbocycles. The van der Waals surface area contributed by atoms with Crippen LogP contribution in [0, 0.1) is 23.7 Å². The highest BCUT2D eigenvalue weighted by atomic mass is 16.5. The standard InChI is InChI=1S/C28H36N4O3/c1-20-16-32(21(2)19-33)28(34)25-14-23(11-12-24-10-6-7-13-29-24)15-30-27(25)35-26(20)18-31(3)17-22-8-4-5-9-22/h6-7,10,13-15,20-22,26,33H,4-5,8-9,16-19H2,1-3H3/t20-,21+,26-/m0/s1. The Bertz CT molecular complexity index is 1060. The molecule has 1 saturated carbocycles. The Morgan fingerprint density at radius 3 is 2.74 bits per heavy atom. The number of aliphatic hydroxyl groups is 1. The summed E-state index contributed by atoms with van der Waals surface area (Å²) >= 11 is 0. The van der Waals surface area contributed by atoms with Crippen LogP contribution in [0.2, 0.25) is 0 Å². The molecule has 0 radical (unpaired) electrons. The summed E-state index contributed by atoms with van der Waals surface area (Å²) in [5.41, 5.74) is 1.65. The second kappa shape index (κ2) is 11.7. The van der Waals surface area contributed by atoms with Gasteiger partial charge in [-0.05, 0) is 56.9 Å². The number of amides is 1. The Hall–Kier alpha value is -2.95. The average Bonchev–Trinajstić information content (AvgIpc) is 3.38. The zero-order valence-corrected chi connectivity index (χ0v) is 21.0. The maximum absolute atomic E-state index is 13.5. The minimum Gasteiger partial charge on any atom is -0.472 e. The first kappa shape index (κ1) is 25.2. The lowest BCUT2D eigenvalue weighted by molar-refractivity contribution is 0.0320. The summed E-state index contributed by atoms with van der Waals surface area (Å²) in [5.74, 6) is 7.05. The van der Waals surface area contributed by atoms with Crippen LogP contribution in [0.3, 0.4) is 0 Å². The highest BCUT2D eigenvalue weighted by Crippen LogP contribution is 2.29. The molecule has 0 spiro atoms. The minimum absolute atomic E-state index is 0.0811. The van der Waals surface area contributed by atoms with Crippen LogP contribution < -0.4 is 4.74 Å². The lowest BCUT2D eigenvalue weighted by atomic mass is 9.99. The summed E-state index contributed by atoms with van der Waals surface area (Å²) in [6.45, 7) is 6.20. The van der Waals surface area contributed by atoms with E-state index < -0.39 is 0 Å². The fourth-order valence-electron chi connectivity index (χ4n) is 4.98. The molecule has 1 N–H and O–H groups in total. The Kier molecular flexibility index (Phi) is 8.37. The summed E-state index contributed by atoms with van der Waals surface area (Å²) < 4.78 is 6.41. The maximum atomic E-state index is 13.5. The van der Waals surface area contributed by atoms with Gasteiger partial charge in [-0.3, -0.25) is 4.79 Å². The van der Waals surface area contributed by atoms with Crippen LogP contribution >= 0.6 is 0 Å². The summed E-state index contributed by atoms with van der Waals surface area (Å²) in [7, 11) is 2.15. The van der Waals surface area contributed by atoms with Gasteiger partial charge in [0, 0.05) is 43.5 Å². The van der Waals surface area contributed by atoms with Gasteiger partial charge < -0.3 is 19.6 Å². The van der Waals surface area contributed by atoms with E-state index in [-0.39, 0.29) is 30.6 Å². The summed E-state index contributed by atoms with van der Waals surface area (Å²) in [5, 5.41) is 9.86. The number of rotatable bonds is 6. The second-order valence-electron chi connectivity index (χ2n) is 10.0. The van der Waals surface area contributed by atoms with Gasteiger partial charge in [0.15, 0.2) is 0 Å². The molecular weight excluding hydrogens is 440 g/mol. The quantitative estimate of drug-likeness (QED) is 0.645. The number of likely N-dealkylation sites (N-methyl/N-ethyl adjacent to an activating group) is 1. The van der Waals surface area contributed by atoms with Gasteiger partial charge in [0.25, 0.3) is 5.91 Å². The van der Waals surface area contributed by atoms with Crippen molar-refractivity contribution in [3.63, 3.8) is 0 Å². The molecule has 1 fully saturated rings. The minimum atomic E-state index is -0.309. The smallest absolute Gasteiger partial charge is 0.259 e. The van der Waals surface area contributed by atoms with E-state index in [0.29, 0.717) is 29.2 Å². The molecule has 1 amide bonds. The van der Waals surface area contributed by atoms with Crippen LogP contribution in [0.5, 0.6) is 5.88 Å². The van der Waals surface area contributed by atoms with Gasteiger partial charge in [0.05, 0.1) is 12.6 Å². The van der Waals surface area contributed by atoms with E-state index in [1.54, 1.807) is 23.4 Å². The number of nitrogens with zero attached hydrogens (tertiary/aromatic N) is 4. The Morgan fingerprint density at radius 2 is 2.03 bits per heavy atom. The number of hydrogen-bond acceptors (Lipinski definition) is 6. The van der Waals surface area contributed by atoms with Crippen LogP contribution in [0.4, 0.5) is 0 Å². The molecule has 0 bridgehead atoms. The van der Waals surface area contributed by atoms with Crippen molar-refractivity contribution in [2.75, 3.05) is 33.3 Å². The van der Waals surface area contributed by atoms with Crippen molar-refractivity contribution in [3.8, 4) is 17.7 Å². The number of carbonyl (C=O) groups is 1. The molecule has 2 aromatic rings. The summed E-state index contributed by atoms with van der Waals surface area (Å²) in [6, 6.07) is 6.99. The van der Waals surface area contributed by atoms with Gasteiger partial charge in [-0.25, -0.2) is 9.97 Å². The van der Waals surface area contributed by atoms with Crippen LogP contribution in [-0.4, -0.2) is 76.2 Å². The highest BCUT2D eigenvalue weighted by molar-refractivity contribution is 5.97. The molecule has 4 rings (SSSR count). The number of aromatic nitrogens is 2. The Labute approximate surface area is 208 Å². The molecule has 0 saturated heterocycles. The van der Waals surface area contributed by atoms with E-state index in [2.05, 4.69) is 40.7 Å². The van der Waals surface area contributed by atoms with Gasteiger partial charge >= 0.3 is 0 Å². The number of fused-ring (bicyclic) bond motifs is 1. The van der Waals surface area contributed by atoms with Crippen LogP contribution in [-0.2, 0) is 0 Å². The lowest BCUT2D eigenvalue weighted by Crippen LogP contribution is -2.50. The fraction of sp³-hybridized carbons (Fsp3) is 0.536. The van der Waals surface area contributed by atoms with Crippen molar-refractivity contribution in [1.29, 1.82) is 0 Å². The molecule has 7 heteroatoms. The lowest BCUT2D eigenvalue weighted by Gasteiger charge is -2.38. The van der Waals surface area contributed by atoms with Crippen LogP contribution in [0.25, 0.3) is 0 Å². The third-order valence-electron chi connectivity index (χ3n) is 7.06. The van der Waals surface area contributed by atoms with Gasteiger partial charge in [-0.15, -0.1) is 0 Å². The monoisotopic (exact) mass is 476 g/mol. The molecule has 35 heavy (non-hydrogen) atoms. The van der Waals surface area contributed by atoms with Gasteiger partial charge in [-0.1, -0.05) is 31.8 Å². The molecule has 1 aliphatic heterocycles. The second-order valence-corrected chi connectivity index (χ2v) is 10.0. The van der Waals surface area contributed by atoms with Crippen LogP contribution in [0.15, 0.2) is 36.7 Å². The van der Waals surface area contributed by atoms with Crippen LogP contribution in [0.1, 0.15) is 61.1 Å². The van der Waals surface area contributed by atoms with E-state index >= 15 is 0 Å². The predicted octanol–water partition coefficient (Wildman–Crippen LogP) is 3.22. The Balaban J connectivity index is 1.61.